The van der Waals surface area contributed by atoms with Crippen LogP contribution < -0.4 is 10.5 Å². The first-order valence-corrected chi connectivity index (χ1v) is 7.09. The lowest BCUT2D eigenvalue weighted by atomic mass is 10.0. The summed E-state index contributed by atoms with van der Waals surface area (Å²) in [6, 6.07) is 17.0. The number of nitrogens with two attached hydrogens (primary N) is 1. The molecular weight excluding hydrogens is 278 g/mol. The molecule has 2 aromatic rings. The maximum atomic E-state index is 11.0. The molecule has 0 saturated carbocycles. The van der Waals surface area contributed by atoms with Crippen LogP contribution in [0.2, 0.25) is 0 Å². The summed E-state index contributed by atoms with van der Waals surface area (Å²) in [7, 11) is 0. The minimum Gasteiger partial charge on any atom is -0.457 e. The van der Waals surface area contributed by atoms with Crippen molar-refractivity contribution in [2.75, 3.05) is 0 Å². The van der Waals surface area contributed by atoms with E-state index in [1.165, 1.54) is 0 Å². The molecule has 1 atom stereocenters. The predicted molar refractivity (Wildman–Crippen MR) is 85.8 cm³/mol. The van der Waals surface area contributed by atoms with Gasteiger partial charge in [0.2, 0.25) is 0 Å². The van der Waals surface area contributed by atoms with Crippen molar-refractivity contribution in [3.63, 3.8) is 0 Å². The van der Waals surface area contributed by atoms with Crippen molar-refractivity contribution in [3.8, 4) is 11.5 Å². The highest BCUT2D eigenvalue weighted by Gasteiger charge is 2.14. The summed E-state index contributed by atoms with van der Waals surface area (Å²) in [5, 5.41) is 0. The standard InChI is InChI=1S/C18H19NO3/c1-2-3-9-17(22-18(19)20)14-10-12-16(13-11-14)21-15-7-5-4-6-8-15/h2,4-8,10-13,17H,1,3,9H2,(H2,19,20)/t17-/m0/s1. The zero-order valence-corrected chi connectivity index (χ0v) is 12.3. The fraction of sp³-hybridized carbons (Fsp3) is 0.167. The number of para-hydroxylation sites is 1. The molecule has 0 unspecified atom stereocenters. The van der Waals surface area contributed by atoms with E-state index in [-0.39, 0.29) is 6.10 Å². The van der Waals surface area contributed by atoms with Gasteiger partial charge in [0.05, 0.1) is 0 Å². The highest BCUT2D eigenvalue weighted by molar-refractivity contribution is 5.65. The topological polar surface area (TPSA) is 61.5 Å². The summed E-state index contributed by atoms with van der Waals surface area (Å²) in [5.74, 6) is 1.49. The second kappa shape index (κ2) is 7.88. The third kappa shape index (κ3) is 4.66. The lowest BCUT2D eigenvalue weighted by Crippen LogP contribution is -2.17. The average molecular weight is 297 g/mol. The van der Waals surface area contributed by atoms with E-state index in [1.807, 2.05) is 54.6 Å². The first-order valence-electron chi connectivity index (χ1n) is 7.09. The minimum atomic E-state index is -0.779. The molecule has 0 bridgehead atoms. The van der Waals surface area contributed by atoms with Crippen LogP contribution in [-0.4, -0.2) is 6.09 Å². The summed E-state index contributed by atoms with van der Waals surface area (Å²) in [6.45, 7) is 3.67. The number of allylic oxidation sites excluding steroid dienone is 1. The number of carbonyl (C=O) groups excluding carboxylic acids is 1. The van der Waals surface area contributed by atoms with Crippen LogP contribution in [0.1, 0.15) is 24.5 Å². The van der Waals surface area contributed by atoms with Gasteiger partial charge in [-0.15, -0.1) is 6.58 Å². The molecule has 0 spiro atoms. The Morgan fingerprint density at radius 3 is 2.32 bits per heavy atom. The van der Waals surface area contributed by atoms with Crippen LogP contribution in [0, 0.1) is 0 Å². The number of benzene rings is 2. The first kappa shape index (κ1) is 15.6. The Hall–Kier alpha value is -2.75. The van der Waals surface area contributed by atoms with Gasteiger partial charge in [-0.05, 0) is 42.7 Å². The Balaban J connectivity index is 2.08. The molecule has 0 aliphatic heterocycles. The Bertz CT molecular complexity index is 608. The number of hydrogen-bond acceptors (Lipinski definition) is 3. The summed E-state index contributed by atoms with van der Waals surface area (Å²) >= 11 is 0. The van der Waals surface area contributed by atoms with Crippen molar-refractivity contribution in [2.45, 2.75) is 18.9 Å². The van der Waals surface area contributed by atoms with E-state index in [2.05, 4.69) is 6.58 Å². The van der Waals surface area contributed by atoms with Gasteiger partial charge in [0.1, 0.15) is 17.6 Å². The molecule has 0 saturated heterocycles. The molecule has 2 rings (SSSR count). The maximum Gasteiger partial charge on any atom is 0.405 e. The van der Waals surface area contributed by atoms with Gasteiger partial charge in [-0.25, -0.2) is 4.79 Å². The average Bonchev–Trinajstić information content (AvgIpc) is 2.53. The highest BCUT2D eigenvalue weighted by atomic mass is 16.6. The summed E-state index contributed by atoms with van der Waals surface area (Å²) in [5.41, 5.74) is 6.00. The van der Waals surface area contributed by atoms with Crippen LogP contribution in [-0.2, 0) is 4.74 Å². The number of carbonyl (C=O) groups is 1. The van der Waals surface area contributed by atoms with Gasteiger partial charge in [0.25, 0.3) is 0 Å². The van der Waals surface area contributed by atoms with Crippen molar-refractivity contribution in [2.24, 2.45) is 5.73 Å². The molecule has 22 heavy (non-hydrogen) atoms. The largest absolute Gasteiger partial charge is 0.457 e. The second-order valence-electron chi connectivity index (χ2n) is 4.78. The van der Waals surface area contributed by atoms with E-state index < -0.39 is 6.09 Å². The highest BCUT2D eigenvalue weighted by Crippen LogP contribution is 2.27. The van der Waals surface area contributed by atoms with Crippen LogP contribution in [0.5, 0.6) is 11.5 Å². The van der Waals surface area contributed by atoms with Gasteiger partial charge < -0.3 is 15.2 Å². The smallest absolute Gasteiger partial charge is 0.405 e. The maximum absolute atomic E-state index is 11.0. The zero-order chi connectivity index (χ0) is 15.8. The normalized spacial score (nSPS) is 11.5. The van der Waals surface area contributed by atoms with Crippen LogP contribution in [0.15, 0.2) is 67.3 Å². The third-order valence-electron chi connectivity index (χ3n) is 3.12. The monoisotopic (exact) mass is 297 g/mol. The number of ether oxygens (including phenoxy) is 2. The Morgan fingerprint density at radius 2 is 1.73 bits per heavy atom. The lowest BCUT2D eigenvalue weighted by molar-refractivity contribution is 0.102. The fourth-order valence-electron chi connectivity index (χ4n) is 2.08. The van der Waals surface area contributed by atoms with E-state index in [0.29, 0.717) is 6.42 Å². The first-order chi connectivity index (χ1) is 10.7. The molecule has 4 nitrogen and oxygen atoms in total. The molecule has 114 valence electrons. The van der Waals surface area contributed by atoms with Crippen LogP contribution in [0.25, 0.3) is 0 Å². The molecule has 0 aliphatic carbocycles. The second-order valence-corrected chi connectivity index (χ2v) is 4.78. The van der Waals surface area contributed by atoms with Crippen molar-refractivity contribution in [3.05, 3.63) is 72.8 Å². The van der Waals surface area contributed by atoms with Crippen LogP contribution in [0.4, 0.5) is 4.79 Å². The molecule has 2 N–H and O–H groups in total. The number of hydrogen-bond donors (Lipinski definition) is 1. The summed E-state index contributed by atoms with van der Waals surface area (Å²) < 4.78 is 10.9. The van der Waals surface area contributed by atoms with Crippen molar-refractivity contribution in [1.29, 1.82) is 0 Å². The molecule has 2 aromatic carbocycles. The molecule has 1 amide bonds. The Morgan fingerprint density at radius 1 is 1.09 bits per heavy atom. The molecule has 0 fully saturated rings. The Labute approximate surface area is 130 Å². The summed E-state index contributed by atoms with van der Waals surface area (Å²) in [4.78, 5) is 11.0. The number of rotatable bonds is 7. The molecule has 0 radical (unpaired) electrons. The molecule has 0 heterocycles. The molecule has 0 aliphatic rings. The van der Waals surface area contributed by atoms with E-state index in [0.717, 1.165) is 23.5 Å². The zero-order valence-electron chi connectivity index (χ0n) is 12.3. The van der Waals surface area contributed by atoms with Gasteiger partial charge in [-0.3, -0.25) is 0 Å². The SMILES string of the molecule is C=CCC[C@H](OC(N)=O)c1ccc(Oc2ccccc2)cc1. The molecular formula is C18H19NO3. The third-order valence-corrected chi connectivity index (χ3v) is 3.12. The predicted octanol–water partition coefficient (Wildman–Crippen LogP) is 4.58. The van der Waals surface area contributed by atoms with Gasteiger partial charge in [-0.2, -0.15) is 0 Å². The minimum absolute atomic E-state index is 0.374. The molecule has 4 heteroatoms. The van der Waals surface area contributed by atoms with Crippen molar-refractivity contribution < 1.29 is 14.3 Å². The molecule has 0 aromatic heterocycles. The van der Waals surface area contributed by atoms with Gasteiger partial charge >= 0.3 is 6.09 Å². The quantitative estimate of drug-likeness (QED) is 0.761. The van der Waals surface area contributed by atoms with Gasteiger partial charge in [-0.1, -0.05) is 36.4 Å². The van der Waals surface area contributed by atoms with Crippen molar-refractivity contribution in [1.82, 2.24) is 0 Å². The van der Waals surface area contributed by atoms with Gasteiger partial charge in [0.15, 0.2) is 0 Å². The Kier molecular flexibility index (Phi) is 5.60. The van der Waals surface area contributed by atoms with E-state index in [4.69, 9.17) is 15.2 Å². The van der Waals surface area contributed by atoms with Crippen molar-refractivity contribution >= 4 is 6.09 Å². The number of primary amides is 1. The number of amides is 1. The lowest BCUT2D eigenvalue weighted by Gasteiger charge is -2.16. The summed E-state index contributed by atoms with van der Waals surface area (Å²) in [6.07, 6.45) is 2.01. The van der Waals surface area contributed by atoms with Crippen LogP contribution >= 0.6 is 0 Å². The van der Waals surface area contributed by atoms with E-state index >= 15 is 0 Å². The van der Waals surface area contributed by atoms with E-state index in [1.54, 1.807) is 6.08 Å². The van der Waals surface area contributed by atoms with Crippen LogP contribution in [0.3, 0.4) is 0 Å². The van der Waals surface area contributed by atoms with E-state index in [9.17, 15) is 4.79 Å². The fourth-order valence-corrected chi connectivity index (χ4v) is 2.08. The van der Waals surface area contributed by atoms with Gasteiger partial charge in [0, 0.05) is 0 Å².